The van der Waals surface area contributed by atoms with E-state index in [1.807, 2.05) is 52.0 Å². The van der Waals surface area contributed by atoms with Crippen LogP contribution in [0.3, 0.4) is 0 Å². The lowest BCUT2D eigenvalue weighted by Crippen LogP contribution is -2.18. The van der Waals surface area contributed by atoms with E-state index >= 15 is 0 Å². The molecule has 0 amide bonds. The fourth-order valence-corrected chi connectivity index (χ4v) is 8.38. The molecule has 0 saturated heterocycles. The van der Waals surface area contributed by atoms with Gasteiger partial charge in [0.2, 0.25) is 5.88 Å². The Morgan fingerprint density at radius 2 is 1.45 bits per heavy atom. The van der Waals surface area contributed by atoms with Crippen LogP contribution in [0.25, 0.3) is 21.0 Å². The first-order valence-corrected chi connectivity index (χ1v) is 16.8. The first kappa shape index (κ1) is 28.7. The van der Waals surface area contributed by atoms with E-state index in [2.05, 4.69) is 24.9 Å². The molecule has 2 aliphatic carbocycles. The highest BCUT2D eigenvalue weighted by molar-refractivity contribution is 7.87. The van der Waals surface area contributed by atoms with E-state index in [1.165, 1.54) is 24.0 Å². The molecule has 0 spiro atoms. The minimum Gasteiger partial charge on any atom is -0.357 e. The Morgan fingerprint density at radius 3 is 2.05 bits per heavy atom. The molecule has 3 aliphatic rings. The second-order valence-corrected chi connectivity index (χ2v) is 14.4. The van der Waals surface area contributed by atoms with Crippen molar-refractivity contribution in [1.29, 1.82) is 0 Å². The van der Waals surface area contributed by atoms with Crippen molar-refractivity contribution in [3.05, 3.63) is 70.5 Å². The summed E-state index contributed by atoms with van der Waals surface area (Å²) in [6.07, 6.45) is 10.0. The van der Waals surface area contributed by atoms with Gasteiger partial charge in [0.05, 0.1) is 5.56 Å². The first-order chi connectivity index (χ1) is 19.1. The fourth-order valence-electron chi connectivity index (χ4n) is 5.70. The van der Waals surface area contributed by atoms with Crippen molar-refractivity contribution < 1.29 is 12.6 Å². The summed E-state index contributed by atoms with van der Waals surface area (Å²) >= 11 is 1.59. The van der Waals surface area contributed by atoms with Crippen LogP contribution in [0.5, 0.6) is 5.88 Å². The Kier molecular flexibility index (Phi) is 8.35. The van der Waals surface area contributed by atoms with Crippen molar-refractivity contribution in [3.63, 3.8) is 0 Å². The van der Waals surface area contributed by atoms with Crippen LogP contribution < -0.4 is 4.18 Å². The van der Waals surface area contributed by atoms with Crippen molar-refractivity contribution in [2.24, 2.45) is 0 Å². The summed E-state index contributed by atoms with van der Waals surface area (Å²) in [6.45, 7) is 12.5. The predicted octanol–water partition coefficient (Wildman–Crippen LogP) is 9.11. The molecule has 212 valence electrons. The zero-order chi connectivity index (χ0) is 28.6. The van der Waals surface area contributed by atoms with E-state index in [9.17, 15) is 8.42 Å². The average Bonchev–Trinajstić information content (AvgIpc) is 3.24. The second kappa shape index (κ2) is 11.6. The number of fused-ring (bicyclic) bond motifs is 3. The van der Waals surface area contributed by atoms with Gasteiger partial charge in [-0.1, -0.05) is 66.5 Å². The number of hydrogen-bond acceptors (Lipinski definition) is 6. The Morgan fingerprint density at radius 1 is 0.825 bits per heavy atom. The van der Waals surface area contributed by atoms with Crippen molar-refractivity contribution in [2.45, 2.75) is 103 Å². The summed E-state index contributed by atoms with van der Waals surface area (Å²) in [5.74, 6) is 0.514. The first-order valence-electron chi connectivity index (χ1n) is 14.5. The molecule has 2 aromatic rings. The van der Waals surface area contributed by atoms with Crippen LogP contribution in [0.1, 0.15) is 113 Å². The van der Waals surface area contributed by atoms with Gasteiger partial charge in [-0.05, 0) is 89.5 Å². The maximum atomic E-state index is 14.4. The van der Waals surface area contributed by atoms with Crippen molar-refractivity contribution in [2.75, 3.05) is 0 Å². The van der Waals surface area contributed by atoms with Gasteiger partial charge in [0.15, 0.2) is 0 Å². The number of aromatic nitrogens is 2. The second-order valence-electron chi connectivity index (χ2n) is 11.9. The van der Waals surface area contributed by atoms with E-state index in [0.717, 1.165) is 63.4 Å². The monoisotopic (exact) mass is 576 g/mol. The molecule has 1 aromatic heterocycles. The predicted molar refractivity (Wildman–Crippen MR) is 164 cm³/mol. The van der Waals surface area contributed by atoms with Gasteiger partial charge in [-0.3, -0.25) is 4.98 Å². The van der Waals surface area contributed by atoms with Gasteiger partial charge in [-0.15, -0.1) is 11.3 Å². The Balaban J connectivity index is 1.73. The van der Waals surface area contributed by atoms with Gasteiger partial charge >= 0.3 is 10.1 Å². The van der Waals surface area contributed by atoms with Gasteiger partial charge in [0.25, 0.3) is 0 Å². The van der Waals surface area contributed by atoms with Crippen LogP contribution in [-0.2, 0) is 23.0 Å². The van der Waals surface area contributed by atoms with Crippen LogP contribution in [0.2, 0.25) is 0 Å². The molecule has 5 rings (SSSR count). The van der Waals surface area contributed by atoms with E-state index in [0.29, 0.717) is 4.90 Å². The molecular formula is C33H40N2O3S2. The molecule has 5 nitrogen and oxygen atoms in total. The highest BCUT2D eigenvalue weighted by Crippen LogP contribution is 2.47. The Hall–Kier alpha value is -2.77. The molecule has 1 aliphatic heterocycles. The Bertz CT molecular complexity index is 1540. The van der Waals surface area contributed by atoms with Gasteiger partial charge in [0, 0.05) is 22.8 Å². The van der Waals surface area contributed by atoms with Crippen molar-refractivity contribution in [3.8, 4) is 26.9 Å². The van der Waals surface area contributed by atoms with Crippen molar-refractivity contribution in [1.82, 2.24) is 9.97 Å². The van der Waals surface area contributed by atoms with Gasteiger partial charge < -0.3 is 4.18 Å². The molecule has 0 bridgehead atoms. The number of rotatable bonds is 7. The van der Waals surface area contributed by atoms with E-state index in [1.54, 1.807) is 23.7 Å². The zero-order valence-corrected chi connectivity index (χ0v) is 26.1. The van der Waals surface area contributed by atoms with E-state index in [4.69, 9.17) is 9.17 Å². The summed E-state index contributed by atoms with van der Waals surface area (Å²) in [4.78, 5) is 10.4. The lowest BCUT2D eigenvalue weighted by Gasteiger charge is -2.23. The lowest BCUT2D eigenvalue weighted by atomic mass is 9.89. The highest BCUT2D eigenvalue weighted by Gasteiger charge is 2.32. The van der Waals surface area contributed by atoms with E-state index < -0.39 is 10.1 Å². The summed E-state index contributed by atoms with van der Waals surface area (Å²) in [5, 5.41) is 0.724. The van der Waals surface area contributed by atoms with E-state index in [-0.39, 0.29) is 23.6 Å². The Labute approximate surface area is 243 Å². The topological polar surface area (TPSA) is 69.2 Å². The third-order valence-electron chi connectivity index (χ3n) is 7.93. The van der Waals surface area contributed by atoms with Gasteiger partial charge in [-0.2, -0.15) is 8.42 Å². The molecule has 0 N–H and O–H groups in total. The molecule has 0 atom stereocenters. The molecule has 2 heterocycles. The molecule has 0 unspecified atom stereocenters. The smallest absolute Gasteiger partial charge is 0.341 e. The van der Waals surface area contributed by atoms with Gasteiger partial charge in [0.1, 0.15) is 9.90 Å². The summed E-state index contributed by atoms with van der Waals surface area (Å²) in [6, 6.07) is 10.1. The largest absolute Gasteiger partial charge is 0.357 e. The standard InChI is InChI=1S/C33H40N2O3S2/c1-20(2)25-17-27(21(3)4)31(28(18-25)22(5)6)40(36,37)38-32-30-26-12-10-8-7-9-11-24(26)19-29(30)39-33(35-32)23-13-15-34-16-14-23/h13-22H,7-12H2,1-6H3. The number of nitrogens with zero attached hydrogens (tertiary/aromatic N) is 2. The molecule has 40 heavy (non-hydrogen) atoms. The molecule has 0 fully saturated rings. The third-order valence-corrected chi connectivity index (χ3v) is 10.3. The molecule has 0 radical (unpaired) electrons. The van der Waals surface area contributed by atoms with Crippen LogP contribution in [0.4, 0.5) is 0 Å². The number of benzene rings is 1. The highest BCUT2D eigenvalue weighted by atomic mass is 32.2. The normalized spacial score (nSPS) is 14.5. The van der Waals surface area contributed by atoms with Crippen molar-refractivity contribution >= 4 is 21.5 Å². The zero-order valence-electron chi connectivity index (χ0n) is 24.5. The van der Waals surface area contributed by atoms with Crippen LogP contribution in [-0.4, -0.2) is 18.4 Å². The molecule has 0 saturated carbocycles. The summed E-state index contributed by atoms with van der Waals surface area (Å²) in [7, 11) is -4.19. The SMILES string of the molecule is CC(C)c1cc(C(C)C)c(S(=O)(=O)Oc2nc(-c3ccncc3)sc3cc4c(c2-3)CCCCCC4)c(C(C)C)c1. The molecule has 7 heteroatoms. The number of aryl methyl sites for hydroxylation is 1. The maximum absolute atomic E-state index is 14.4. The third kappa shape index (κ3) is 5.68. The minimum absolute atomic E-state index is 0.0156. The maximum Gasteiger partial charge on any atom is 0.341 e. The molecule has 1 aromatic carbocycles. The number of hydrogen-bond donors (Lipinski definition) is 0. The van der Waals surface area contributed by atoms with Crippen LogP contribution in [0, 0.1) is 0 Å². The summed E-state index contributed by atoms with van der Waals surface area (Å²) < 4.78 is 34.9. The van der Waals surface area contributed by atoms with Gasteiger partial charge in [-0.25, -0.2) is 4.98 Å². The average molecular weight is 577 g/mol. The quantitative estimate of drug-likeness (QED) is 0.205. The lowest BCUT2D eigenvalue weighted by molar-refractivity contribution is 0.474. The summed E-state index contributed by atoms with van der Waals surface area (Å²) in [5.41, 5.74) is 7.01. The van der Waals surface area contributed by atoms with Crippen LogP contribution in [0.15, 0.2) is 47.6 Å². The molecular weight excluding hydrogens is 537 g/mol. The van der Waals surface area contributed by atoms with Crippen LogP contribution >= 0.6 is 11.3 Å². The number of pyridine rings is 1. The minimum atomic E-state index is -4.19. The fraction of sp³-hybridized carbons (Fsp3) is 0.455.